The van der Waals surface area contributed by atoms with Gasteiger partial charge in [-0.3, -0.25) is 4.79 Å². The summed E-state index contributed by atoms with van der Waals surface area (Å²) in [5, 5.41) is 8.25. The number of hydrogen-bond acceptors (Lipinski definition) is 8. The molecule has 0 aliphatic rings. The standard InChI is InChI=1S/C21H23FN4O5S2/c1-23-21-25-16(12-32-21)13-5-7-17(30-3)15(9-13)24-20(27)11-26(2)33(28,29)19-10-14(22)6-8-18(19)31-4/h5-10,12H,11H2,1-4H3,(H,23,25)(H,24,27). The molecule has 0 fully saturated rings. The van der Waals surface area contributed by atoms with E-state index >= 15 is 0 Å². The van der Waals surface area contributed by atoms with E-state index < -0.39 is 28.3 Å². The third-order valence-electron chi connectivity index (χ3n) is 4.67. The molecule has 0 atom stereocenters. The summed E-state index contributed by atoms with van der Waals surface area (Å²) in [5.41, 5.74) is 1.81. The second-order valence-corrected chi connectivity index (χ2v) is 9.68. The molecule has 33 heavy (non-hydrogen) atoms. The van der Waals surface area contributed by atoms with Crippen molar-refractivity contribution in [2.24, 2.45) is 0 Å². The molecule has 0 aliphatic heterocycles. The first-order valence-electron chi connectivity index (χ1n) is 9.61. The lowest BCUT2D eigenvalue weighted by atomic mass is 10.1. The Morgan fingerprint density at radius 2 is 1.85 bits per heavy atom. The maximum Gasteiger partial charge on any atom is 0.247 e. The highest BCUT2D eigenvalue weighted by Crippen LogP contribution is 2.32. The molecule has 0 saturated carbocycles. The largest absolute Gasteiger partial charge is 0.495 e. The van der Waals surface area contributed by atoms with Crippen molar-refractivity contribution in [2.75, 3.05) is 45.5 Å². The summed E-state index contributed by atoms with van der Waals surface area (Å²) < 4.78 is 50.6. The maximum absolute atomic E-state index is 13.7. The van der Waals surface area contributed by atoms with Crippen molar-refractivity contribution in [1.29, 1.82) is 0 Å². The lowest BCUT2D eigenvalue weighted by Gasteiger charge is -2.19. The van der Waals surface area contributed by atoms with E-state index in [1.54, 1.807) is 25.2 Å². The van der Waals surface area contributed by atoms with Gasteiger partial charge in [0.15, 0.2) is 5.13 Å². The molecule has 0 unspecified atom stereocenters. The monoisotopic (exact) mass is 494 g/mol. The molecule has 9 nitrogen and oxygen atoms in total. The molecule has 12 heteroatoms. The smallest absolute Gasteiger partial charge is 0.247 e. The van der Waals surface area contributed by atoms with Gasteiger partial charge in [-0.05, 0) is 36.4 Å². The predicted molar refractivity (Wildman–Crippen MR) is 125 cm³/mol. The van der Waals surface area contributed by atoms with Crippen LogP contribution < -0.4 is 20.1 Å². The summed E-state index contributed by atoms with van der Waals surface area (Å²) >= 11 is 1.44. The van der Waals surface area contributed by atoms with Crippen LogP contribution in [0.3, 0.4) is 0 Å². The van der Waals surface area contributed by atoms with E-state index in [2.05, 4.69) is 15.6 Å². The summed E-state index contributed by atoms with van der Waals surface area (Å²) in [6, 6.07) is 8.32. The zero-order chi connectivity index (χ0) is 24.2. The first-order valence-corrected chi connectivity index (χ1v) is 11.9. The number of nitrogens with one attached hydrogen (secondary N) is 2. The number of carbonyl (C=O) groups is 1. The van der Waals surface area contributed by atoms with Gasteiger partial charge in [0.2, 0.25) is 15.9 Å². The molecule has 0 radical (unpaired) electrons. The number of thiazole rings is 1. The number of hydrogen-bond donors (Lipinski definition) is 2. The van der Waals surface area contributed by atoms with E-state index in [0.717, 1.165) is 27.1 Å². The lowest BCUT2D eigenvalue weighted by Crippen LogP contribution is -2.35. The Labute approximate surface area is 195 Å². The molecule has 3 rings (SSSR count). The highest BCUT2D eigenvalue weighted by molar-refractivity contribution is 7.89. The van der Waals surface area contributed by atoms with Gasteiger partial charge in [-0.25, -0.2) is 17.8 Å². The maximum atomic E-state index is 13.7. The minimum atomic E-state index is -4.20. The van der Waals surface area contributed by atoms with Gasteiger partial charge in [0, 0.05) is 25.0 Å². The Morgan fingerprint density at radius 1 is 1.15 bits per heavy atom. The van der Waals surface area contributed by atoms with Gasteiger partial charge in [-0.2, -0.15) is 4.31 Å². The topological polar surface area (TPSA) is 110 Å². The number of carbonyl (C=O) groups excluding carboxylic acids is 1. The molecule has 1 amide bonds. The lowest BCUT2D eigenvalue weighted by molar-refractivity contribution is -0.116. The van der Waals surface area contributed by atoms with Crippen LogP contribution >= 0.6 is 11.3 Å². The van der Waals surface area contributed by atoms with Gasteiger partial charge in [0.25, 0.3) is 0 Å². The summed E-state index contributed by atoms with van der Waals surface area (Å²) in [6.45, 7) is -0.518. The minimum Gasteiger partial charge on any atom is -0.495 e. The molecule has 0 saturated heterocycles. The first-order chi connectivity index (χ1) is 15.7. The second-order valence-electron chi connectivity index (χ2n) is 6.81. The fraction of sp³-hybridized carbons (Fsp3) is 0.238. The van der Waals surface area contributed by atoms with E-state index in [9.17, 15) is 17.6 Å². The Bertz CT molecular complexity index is 1260. The van der Waals surface area contributed by atoms with E-state index in [1.807, 2.05) is 5.38 Å². The minimum absolute atomic E-state index is 0.0257. The van der Waals surface area contributed by atoms with Crippen LogP contribution in [0, 0.1) is 5.82 Å². The summed E-state index contributed by atoms with van der Waals surface area (Å²) in [5.74, 6) is -0.978. The van der Waals surface area contributed by atoms with Gasteiger partial charge < -0.3 is 20.1 Å². The molecule has 0 spiro atoms. The van der Waals surface area contributed by atoms with Crippen LogP contribution in [0.5, 0.6) is 11.5 Å². The Hall–Kier alpha value is -3.22. The van der Waals surface area contributed by atoms with E-state index in [0.29, 0.717) is 17.1 Å². The number of ether oxygens (including phenoxy) is 2. The average Bonchev–Trinajstić information content (AvgIpc) is 3.28. The van der Waals surface area contributed by atoms with Gasteiger partial charge in [-0.15, -0.1) is 11.3 Å². The third kappa shape index (κ3) is 5.41. The van der Waals surface area contributed by atoms with Gasteiger partial charge in [-0.1, -0.05) is 0 Å². The van der Waals surface area contributed by atoms with Crippen LogP contribution in [0.15, 0.2) is 46.7 Å². The predicted octanol–water partition coefficient (Wildman–Crippen LogP) is 3.27. The van der Waals surface area contributed by atoms with E-state index in [-0.39, 0.29) is 10.6 Å². The SMILES string of the molecule is CNc1nc(-c2ccc(OC)c(NC(=O)CN(C)S(=O)(=O)c3cc(F)ccc3OC)c2)cs1. The van der Waals surface area contributed by atoms with Crippen molar-refractivity contribution in [2.45, 2.75) is 4.90 Å². The van der Waals surface area contributed by atoms with Crippen molar-refractivity contribution in [3.05, 3.63) is 47.6 Å². The van der Waals surface area contributed by atoms with Gasteiger partial charge in [0.05, 0.1) is 32.1 Å². The number of halogens is 1. The summed E-state index contributed by atoms with van der Waals surface area (Å²) in [6.07, 6.45) is 0. The van der Waals surface area contributed by atoms with Crippen LogP contribution in [0.4, 0.5) is 15.2 Å². The molecule has 2 aromatic carbocycles. The molecule has 0 aliphatic carbocycles. The number of anilines is 2. The van der Waals surface area contributed by atoms with Crippen molar-refractivity contribution in [1.82, 2.24) is 9.29 Å². The molecule has 2 N–H and O–H groups in total. The molecular formula is C21H23FN4O5S2. The molecule has 176 valence electrons. The molecule has 1 aromatic heterocycles. The van der Waals surface area contributed by atoms with Gasteiger partial charge >= 0.3 is 0 Å². The number of nitrogens with zero attached hydrogens (tertiary/aromatic N) is 2. The molecule has 1 heterocycles. The number of aromatic nitrogens is 1. The highest BCUT2D eigenvalue weighted by Gasteiger charge is 2.27. The average molecular weight is 495 g/mol. The normalized spacial score (nSPS) is 11.3. The zero-order valence-electron chi connectivity index (χ0n) is 18.4. The van der Waals surface area contributed by atoms with Crippen LogP contribution in [-0.2, 0) is 14.8 Å². The van der Waals surface area contributed by atoms with Crippen LogP contribution in [0.2, 0.25) is 0 Å². The molecular weight excluding hydrogens is 471 g/mol. The number of rotatable bonds is 9. The number of amides is 1. The van der Waals surface area contributed by atoms with Crippen molar-refractivity contribution < 1.29 is 27.1 Å². The number of benzene rings is 2. The molecule has 0 bridgehead atoms. The van der Waals surface area contributed by atoms with Crippen LogP contribution in [0.25, 0.3) is 11.3 Å². The number of methoxy groups -OCH3 is 2. The van der Waals surface area contributed by atoms with E-state index in [1.165, 1.54) is 38.7 Å². The summed E-state index contributed by atoms with van der Waals surface area (Å²) in [7, 11) is 1.53. The quantitative estimate of drug-likeness (QED) is 0.470. The Balaban J connectivity index is 1.81. The Kier molecular flexibility index (Phi) is 7.51. The highest BCUT2D eigenvalue weighted by atomic mass is 32.2. The first kappa shape index (κ1) is 24.4. The van der Waals surface area contributed by atoms with Gasteiger partial charge in [0.1, 0.15) is 22.2 Å². The number of likely N-dealkylation sites (N-methyl/N-ethyl adjacent to an activating group) is 1. The van der Waals surface area contributed by atoms with Crippen LogP contribution in [0.1, 0.15) is 0 Å². The second kappa shape index (κ2) is 10.1. The fourth-order valence-corrected chi connectivity index (χ4v) is 4.95. The van der Waals surface area contributed by atoms with Crippen molar-refractivity contribution in [3.63, 3.8) is 0 Å². The third-order valence-corrected chi connectivity index (χ3v) is 7.35. The Morgan fingerprint density at radius 3 is 2.48 bits per heavy atom. The zero-order valence-corrected chi connectivity index (χ0v) is 20.0. The molecule has 3 aromatic rings. The number of sulfonamides is 1. The van der Waals surface area contributed by atoms with E-state index in [4.69, 9.17) is 9.47 Å². The van der Waals surface area contributed by atoms with Crippen molar-refractivity contribution >= 4 is 38.1 Å². The van der Waals surface area contributed by atoms with Crippen molar-refractivity contribution in [3.8, 4) is 22.8 Å². The summed E-state index contributed by atoms with van der Waals surface area (Å²) in [4.78, 5) is 16.8. The van der Waals surface area contributed by atoms with Crippen LogP contribution in [-0.4, -0.2) is 58.5 Å². The fourth-order valence-electron chi connectivity index (χ4n) is 2.98.